The number of carbonyl (C=O) groups excluding carboxylic acids is 2. The van der Waals surface area contributed by atoms with Crippen molar-refractivity contribution < 1.29 is 9.59 Å². The van der Waals surface area contributed by atoms with E-state index in [-0.39, 0.29) is 6.54 Å². The minimum atomic E-state index is -0.632. The molecule has 5 nitrogen and oxygen atoms in total. The lowest BCUT2D eigenvalue weighted by molar-refractivity contribution is -0.139. The second-order valence-corrected chi connectivity index (χ2v) is 4.57. The van der Waals surface area contributed by atoms with Crippen molar-refractivity contribution in [2.45, 2.75) is 6.42 Å². The van der Waals surface area contributed by atoms with Gasteiger partial charge >= 0.3 is 11.8 Å². The Morgan fingerprint density at radius 2 is 1.75 bits per heavy atom. The number of benzene rings is 1. The summed E-state index contributed by atoms with van der Waals surface area (Å²) >= 11 is 0. The molecule has 0 heterocycles. The first kappa shape index (κ1) is 15.8. The highest BCUT2D eigenvalue weighted by Crippen LogP contribution is 2.12. The molecule has 108 valence electrons. The van der Waals surface area contributed by atoms with Crippen LogP contribution in [0.1, 0.15) is 5.56 Å². The van der Waals surface area contributed by atoms with Gasteiger partial charge in [-0.05, 0) is 24.1 Å². The van der Waals surface area contributed by atoms with Crippen LogP contribution in [-0.2, 0) is 16.0 Å². The molecule has 0 radical (unpaired) electrons. The van der Waals surface area contributed by atoms with Gasteiger partial charge in [0.1, 0.15) is 0 Å². The van der Waals surface area contributed by atoms with Gasteiger partial charge in [-0.25, -0.2) is 0 Å². The lowest BCUT2D eigenvalue weighted by Crippen LogP contribution is -2.40. The van der Waals surface area contributed by atoms with Crippen molar-refractivity contribution in [3.63, 3.8) is 0 Å². The van der Waals surface area contributed by atoms with Crippen molar-refractivity contribution in [1.29, 1.82) is 0 Å². The molecule has 0 aliphatic carbocycles. The van der Waals surface area contributed by atoms with Gasteiger partial charge in [-0.3, -0.25) is 9.59 Å². The Morgan fingerprint density at radius 1 is 1.15 bits per heavy atom. The van der Waals surface area contributed by atoms with Crippen LogP contribution in [0.3, 0.4) is 0 Å². The van der Waals surface area contributed by atoms with Crippen molar-refractivity contribution in [1.82, 2.24) is 10.6 Å². The predicted molar refractivity (Wildman–Crippen MR) is 80.7 cm³/mol. The van der Waals surface area contributed by atoms with Crippen LogP contribution in [0.4, 0.5) is 5.69 Å². The number of nitrogens with zero attached hydrogens (tertiary/aromatic N) is 1. The molecule has 1 aromatic carbocycles. The third kappa shape index (κ3) is 5.14. The van der Waals surface area contributed by atoms with Crippen LogP contribution in [0.15, 0.2) is 36.9 Å². The van der Waals surface area contributed by atoms with E-state index in [0.717, 1.165) is 11.3 Å². The third-order valence-electron chi connectivity index (χ3n) is 2.77. The zero-order valence-electron chi connectivity index (χ0n) is 12.0. The summed E-state index contributed by atoms with van der Waals surface area (Å²) in [6.07, 6.45) is 2.21. The topological polar surface area (TPSA) is 61.4 Å². The van der Waals surface area contributed by atoms with E-state index in [1.165, 1.54) is 6.08 Å². The highest BCUT2D eigenvalue weighted by molar-refractivity contribution is 6.35. The predicted octanol–water partition coefficient (Wildman–Crippen LogP) is 0.714. The van der Waals surface area contributed by atoms with Gasteiger partial charge in [0, 0.05) is 32.9 Å². The van der Waals surface area contributed by atoms with Gasteiger partial charge in [0.05, 0.1) is 0 Å². The molecule has 5 heteroatoms. The van der Waals surface area contributed by atoms with Crippen LogP contribution in [0, 0.1) is 0 Å². The molecular formula is C15H21N3O2. The van der Waals surface area contributed by atoms with Gasteiger partial charge in [-0.2, -0.15) is 0 Å². The number of nitrogens with one attached hydrogen (secondary N) is 2. The zero-order valence-corrected chi connectivity index (χ0v) is 12.0. The fourth-order valence-corrected chi connectivity index (χ4v) is 1.61. The van der Waals surface area contributed by atoms with E-state index in [1.807, 2.05) is 43.3 Å². The van der Waals surface area contributed by atoms with Crippen LogP contribution in [0.25, 0.3) is 0 Å². The Labute approximate surface area is 119 Å². The average molecular weight is 275 g/mol. The molecular weight excluding hydrogens is 254 g/mol. The van der Waals surface area contributed by atoms with Crippen LogP contribution in [-0.4, -0.2) is 39.0 Å². The maximum atomic E-state index is 11.4. The maximum Gasteiger partial charge on any atom is 0.309 e. The van der Waals surface area contributed by atoms with Crippen molar-refractivity contribution >= 4 is 17.5 Å². The minimum absolute atomic E-state index is 0.290. The Balaban J connectivity index is 2.35. The largest absolute Gasteiger partial charge is 0.378 e. The number of hydrogen-bond donors (Lipinski definition) is 2. The van der Waals surface area contributed by atoms with Crippen LogP contribution < -0.4 is 15.5 Å². The highest BCUT2D eigenvalue weighted by atomic mass is 16.2. The van der Waals surface area contributed by atoms with Crippen LogP contribution in [0.5, 0.6) is 0 Å². The fourth-order valence-electron chi connectivity index (χ4n) is 1.61. The van der Waals surface area contributed by atoms with E-state index in [0.29, 0.717) is 13.0 Å². The van der Waals surface area contributed by atoms with Gasteiger partial charge < -0.3 is 15.5 Å². The van der Waals surface area contributed by atoms with E-state index in [4.69, 9.17) is 0 Å². The highest BCUT2D eigenvalue weighted by Gasteiger charge is 2.10. The number of amides is 2. The van der Waals surface area contributed by atoms with Crippen molar-refractivity contribution in [3.05, 3.63) is 42.5 Å². The first-order valence-corrected chi connectivity index (χ1v) is 6.47. The van der Waals surface area contributed by atoms with E-state index in [9.17, 15) is 9.59 Å². The molecule has 0 bridgehead atoms. The van der Waals surface area contributed by atoms with Gasteiger partial charge in [0.15, 0.2) is 0 Å². The smallest absolute Gasteiger partial charge is 0.309 e. The summed E-state index contributed by atoms with van der Waals surface area (Å²) in [5, 5.41) is 5.01. The van der Waals surface area contributed by atoms with E-state index in [1.54, 1.807) is 0 Å². The molecule has 0 aliphatic rings. The van der Waals surface area contributed by atoms with Crippen LogP contribution in [0.2, 0.25) is 0 Å². The standard InChI is InChI=1S/C15H21N3O2/c1-4-10-16-14(19)15(20)17-11-9-12-5-7-13(8-6-12)18(2)3/h4-8H,1,9-11H2,2-3H3,(H,16,19)(H,17,20). The molecule has 0 fully saturated rings. The summed E-state index contributed by atoms with van der Waals surface area (Å²) in [6, 6.07) is 8.07. The van der Waals surface area contributed by atoms with Gasteiger partial charge in [0.2, 0.25) is 0 Å². The Bertz CT molecular complexity index is 467. The molecule has 0 saturated heterocycles. The third-order valence-corrected chi connectivity index (χ3v) is 2.77. The monoisotopic (exact) mass is 275 g/mol. The van der Waals surface area contributed by atoms with Gasteiger partial charge in [-0.15, -0.1) is 6.58 Å². The molecule has 20 heavy (non-hydrogen) atoms. The molecule has 1 aromatic rings. The van der Waals surface area contributed by atoms with E-state index < -0.39 is 11.8 Å². The van der Waals surface area contributed by atoms with Crippen molar-refractivity contribution in [2.75, 3.05) is 32.1 Å². The number of rotatable bonds is 6. The molecule has 1 rings (SSSR count). The summed E-state index contributed by atoms with van der Waals surface area (Å²) < 4.78 is 0. The summed E-state index contributed by atoms with van der Waals surface area (Å²) in [7, 11) is 3.97. The number of carbonyl (C=O) groups is 2. The average Bonchev–Trinajstić information content (AvgIpc) is 2.45. The quantitative estimate of drug-likeness (QED) is 0.594. The first-order chi connectivity index (χ1) is 9.54. The molecule has 0 spiro atoms. The zero-order chi connectivity index (χ0) is 15.0. The number of anilines is 1. The lowest BCUT2D eigenvalue weighted by atomic mass is 10.1. The molecule has 0 saturated carbocycles. The molecule has 0 aromatic heterocycles. The second kappa shape index (κ2) is 7.99. The lowest BCUT2D eigenvalue weighted by Gasteiger charge is -2.12. The van der Waals surface area contributed by atoms with Gasteiger partial charge in [-0.1, -0.05) is 18.2 Å². The fraction of sp³-hybridized carbons (Fsp3) is 0.333. The summed E-state index contributed by atoms with van der Waals surface area (Å²) in [5.74, 6) is -1.25. The summed E-state index contributed by atoms with van der Waals surface area (Å²) in [5.41, 5.74) is 2.24. The van der Waals surface area contributed by atoms with Gasteiger partial charge in [0.25, 0.3) is 0 Å². The molecule has 0 unspecified atom stereocenters. The number of hydrogen-bond acceptors (Lipinski definition) is 3. The Morgan fingerprint density at radius 3 is 2.30 bits per heavy atom. The van der Waals surface area contributed by atoms with Crippen LogP contribution >= 0.6 is 0 Å². The van der Waals surface area contributed by atoms with E-state index in [2.05, 4.69) is 17.2 Å². The summed E-state index contributed by atoms with van der Waals surface area (Å²) in [6.45, 7) is 4.19. The normalized spacial score (nSPS) is 9.70. The van der Waals surface area contributed by atoms with Crippen molar-refractivity contribution in [3.8, 4) is 0 Å². The second-order valence-electron chi connectivity index (χ2n) is 4.57. The first-order valence-electron chi connectivity index (χ1n) is 6.47. The summed E-state index contributed by atoms with van der Waals surface area (Å²) in [4.78, 5) is 24.7. The molecule has 0 atom stereocenters. The minimum Gasteiger partial charge on any atom is -0.378 e. The molecule has 0 aliphatic heterocycles. The SMILES string of the molecule is C=CCNC(=O)C(=O)NCCc1ccc(N(C)C)cc1. The van der Waals surface area contributed by atoms with E-state index >= 15 is 0 Å². The molecule has 2 amide bonds. The Kier molecular flexibility index (Phi) is 6.29. The Hall–Kier alpha value is -2.30. The van der Waals surface area contributed by atoms with Crippen molar-refractivity contribution in [2.24, 2.45) is 0 Å². The maximum absolute atomic E-state index is 11.4. The molecule has 2 N–H and O–H groups in total.